The Balaban J connectivity index is 2.06. The molecule has 1 amide bonds. The van der Waals surface area contributed by atoms with Gasteiger partial charge in [-0.25, -0.2) is 0 Å². The van der Waals surface area contributed by atoms with Crippen molar-refractivity contribution in [3.8, 4) is 5.75 Å². The first kappa shape index (κ1) is 17.6. The van der Waals surface area contributed by atoms with Crippen LogP contribution in [0.1, 0.15) is 26.3 Å². The molecule has 0 saturated carbocycles. The second-order valence-corrected chi connectivity index (χ2v) is 8.14. The fourth-order valence-corrected chi connectivity index (χ4v) is 3.30. The molecule has 23 heavy (non-hydrogen) atoms. The van der Waals surface area contributed by atoms with Crippen molar-refractivity contribution in [3.63, 3.8) is 0 Å². The summed E-state index contributed by atoms with van der Waals surface area (Å²) in [4.78, 5) is 12.2. The zero-order valence-electron chi connectivity index (χ0n) is 13.5. The highest BCUT2D eigenvalue weighted by Gasteiger charge is 2.17. The first-order valence-electron chi connectivity index (χ1n) is 7.00. The normalized spacial score (nSPS) is 11.3. The highest BCUT2D eigenvalue weighted by atomic mass is 32.2. The number of nitrogen functional groups attached to an aromatic ring is 1. The highest BCUT2D eigenvalue weighted by Crippen LogP contribution is 2.32. The fourth-order valence-electron chi connectivity index (χ4n) is 1.86. The van der Waals surface area contributed by atoms with Crippen molar-refractivity contribution in [2.24, 2.45) is 0 Å². The number of hydrogen-bond donors (Lipinski definition) is 2. The number of carbonyl (C=O) groups is 1. The molecule has 0 bridgehead atoms. The molecule has 0 aliphatic rings. The van der Waals surface area contributed by atoms with E-state index in [1.807, 2.05) is 18.2 Å². The van der Waals surface area contributed by atoms with Gasteiger partial charge in [-0.05, 0) is 23.1 Å². The van der Waals surface area contributed by atoms with E-state index in [2.05, 4.69) is 36.3 Å². The predicted octanol–water partition coefficient (Wildman–Crippen LogP) is 3.16. The number of ether oxygens (including phenoxy) is 1. The van der Waals surface area contributed by atoms with Crippen LogP contribution in [0.3, 0.4) is 0 Å². The van der Waals surface area contributed by atoms with E-state index < -0.39 is 0 Å². The lowest BCUT2D eigenvalue weighted by Gasteiger charge is -2.21. The van der Waals surface area contributed by atoms with Crippen LogP contribution in [0, 0.1) is 0 Å². The van der Waals surface area contributed by atoms with Crippen LogP contribution >= 0.6 is 23.1 Å². The van der Waals surface area contributed by atoms with Crippen LogP contribution in [-0.4, -0.2) is 29.0 Å². The Bertz CT molecular complexity index is 695. The summed E-state index contributed by atoms with van der Waals surface area (Å²) in [5, 5.41) is 10.9. The van der Waals surface area contributed by atoms with Gasteiger partial charge in [0.15, 0.2) is 4.34 Å². The number of nitrogens with one attached hydrogen (secondary N) is 1. The number of carbonyl (C=O) groups excluding carboxylic acids is 1. The number of thioether (sulfide) groups is 1. The topological polar surface area (TPSA) is 90.1 Å². The Morgan fingerprint density at radius 3 is 2.70 bits per heavy atom. The number of anilines is 2. The maximum atomic E-state index is 12.2. The molecule has 0 radical (unpaired) electrons. The number of nitrogens with zero attached hydrogens (tertiary/aromatic N) is 2. The van der Waals surface area contributed by atoms with E-state index >= 15 is 0 Å². The Hall–Kier alpha value is -1.80. The minimum atomic E-state index is -0.131. The number of methoxy groups -OCH3 is 1. The molecule has 0 aliphatic heterocycles. The van der Waals surface area contributed by atoms with Gasteiger partial charge in [0.2, 0.25) is 11.0 Å². The zero-order valence-corrected chi connectivity index (χ0v) is 15.2. The summed E-state index contributed by atoms with van der Waals surface area (Å²) in [5.74, 6) is 0.738. The maximum absolute atomic E-state index is 12.2. The van der Waals surface area contributed by atoms with Crippen molar-refractivity contribution in [3.05, 3.63) is 23.8 Å². The van der Waals surface area contributed by atoms with Crippen LogP contribution < -0.4 is 15.8 Å². The van der Waals surface area contributed by atoms with Crippen molar-refractivity contribution in [1.29, 1.82) is 0 Å². The van der Waals surface area contributed by atoms with Gasteiger partial charge in [0.05, 0.1) is 18.6 Å². The number of amides is 1. The average molecular weight is 352 g/mol. The second-order valence-electron chi connectivity index (χ2n) is 5.91. The van der Waals surface area contributed by atoms with E-state index in [1.54, 1.807) is 7.11 Å². The minimum Gasteiger partial charge on any atom is -0.495 e. The van der Waals surface area contributed by atoms with Crippen molar-refractivity contribution in [1.82, 2.24) is 10.2 Å². The lowest BCUT2D eigenvalue weighted by Crippen LogP contribution is -2.16. The molecule has 124 valence electrons. The van der Waals surface area contributed by atoms with E-state index in [1.165, 1.54) is 23.1 Å². The van der Waals surface area contributed by atoms with Gasteiger partial charge in [-0.2, -0.15) is 0 Å². The van der Waals surface area contributed by atoms with E-state index in [0.29, 0.717) is 20.9 Å². The summed E-state index contributed by atoms with van der Waals surface area (Å²) in [7, 11) is 1.58. The largest absolute Gasteiger partial charge is 0.495 e. The third-order valence-electron chi connectivity index (χ3n) is 3.09. The van der Waals surface area contributed by atoms with Gasteiger partial charge in [-0.3, -0.25) is 4.79 Å². The van der Waals surface area contributed by atoms with Gasteiger partial charge < -0.3 is 15.8 Å². The molecular weight excluding hydrogens is 332 g/mol. The van der Waals surface area contributed by atoms with Gasteiger partial charge in [0.1, 0.15) is 5.75 Å². The van der Waals surface area contributed by atoms with E-state index in [-0.39, 0.29) is 17.1 Å². The first-order chi connectivity index (χ1) is 10.8. The molecule has 3 N–H and O–H groups in total. The molecule has 8 heteroatoms. The molecule has 0 fully saturated rings. The van der Waals surface area contributed by atoms with Crippen LogP contribution in [-0.2, 0) is 10.2 Å². The number of benzene rings is 1. The van der Waals surface area contributed by atoms with Crippen LogP contribution in [0.15, 0.2) is 22.5 Å². The van der Waals surface area contributed by atoms with Crippen molar-refractivity contribution >= 4 is 39.8 Å². The number of rotatable bonds is 5. The molecule has 0 atom stereocenters. The molecular formula is C15H20N4O2S2. The maximum Gasteiger partial charge on any atom is 0.234 e. The molecule has 6 nitrogen and oxygen atoms in total. The highest BCUT2D eigenvalue weighted by molar-refractivity contribution is 8.01. The molecule has 0 spiro atoms. The summed E-state index contributed by atoms with van der Waals surface area (Å²) in [5.41, 5.74) is 7.30. The SMILES string of the molecule is COc1ccc(C(C)(C)C)cc1NC(=O)CSc1nnc(N)s1. The first-order valence-corrected chi connectivity index (χ1v) is 8.80. The standard InChI is InChI=1S/C15H20N4O2S2/c1-15(2,3)9-5-6-11(21-4)10(7-9)17-12(20)8-22-14-19-18-13(16)23-14/h5-7H,8H2,1-4H3,(H2,16,18)(H,17,20). The monoisotopic (exact) mass is 352 g/mol. The van der Waals surface area contributed by atoms with Gasteiger partial charge >= 0.3 is 0 Å². The molecule has 0 aliphatic carbocycles. The second kappa shape index (κ2) is 7.18. The third kappa shape index (κ3) is 4.84. The Morgan fingerprint density at radius 2 is 2.13 bits per heavy atom. The van der Waals surface area contributed by atoms with Gasteiger partial charge in [-0.15, -0.1) is 10.2 Å². The molecule has 1 heterocycles. The van der Waals surface area contributed by atoms with Crippen LogP contribution in [0.25, 0.3) is 0 Å². The van der Waals surface area contributed by atoms with Gasteiger partial charge in [-0.1, -0.05) is 49.9 Å². The van der Waals surface area contributed by atoms with Crippen LogP contribution in [0.4, 0.5) is 10.8 Å². The summed E-state index contributed by atoms with van der Waals surface area (Å²) in [6.45, 7) is 6.36. The van der Waals surface area contributed by atoms with Crippen molar-refractivity contribution in [2.75, 3.05) is 23.9 Å². The quantitative estimate of drug-likeness (QED) is 0.803. The average Bonchev–Trinajstić information content (AvgIpc) is 2.90. The summed E-state index contributed by atoms with van der Waals surface area (Å²) in [6.07, 6.45) is 0. The van der Waals surface area contributed by atoms with E-state index in [4.69, 9.17) is 10.5 Å². The molecule has 1 aromatic heterocycles. The predicted molar refractivity (Wildman–Crippen MR) is 95.4 cm³/mol. The van der Waals surface area contributed by atoms with Gasteiger partial charge in [0, 0.05) is 0 Å². The molecule has 1 aromatic carbocycles. The number of aromatic nitrogens is 2. The van der Waals surface area contributed by atoms with Crippen molar-refractivity contribution < 1.29 is 9.53 Å². The number of hydrogen-bond acceptors (Lipinski definition) is 7. The summed E-state index contributed by atoms with van der Waals surface area (Å²) in [6, 6.07) is 5.83. The Morgan fingerprint density at radius 1 is 1.39 bits per heavy atom. The smallest absolute Gasteiger partial charge is 0.234 e. The molecule has 2 aromatic rings. The molecule has 0 unspecified atom stereocenters. The zero-order chi connectivity index (χ0) is 17.0. The van der Waals surface area contributed by atoms with Crippen molar-refractivity contribution in [2.45, 2.75) is 30.5 Å². The van der Waals surface area contributed by atoms with Crippen LogP contribution in [0.5, 0.6) is 5.75 Å². The van der Waals surface area contributed by atoms with E-state index in [0.717, 1.165) is 5.56 Å². The Kier molecular flexibility index (Phi) is 5.48. The summed E-state index contributed by atoms with van der Waals surface area (Å²) >= 11 is 2.57. The van der Waals surface area contributed by atoms with Crippen LogP contribution in [0.2, 0.25) is 0 Å². The fraction of sp³-hybridized carbons (Fsp3) is 0.400. The lowest BCUT2D eigenvalue weighted by molar-refractivity contribution is -0.113. The number of nitrogens with two attached hydrogens (primary N) is 1. The lowest BCUT2D eigenvalue weighted by atomic mass is 9.87. The van der Waals surface area contributed by atoms with Gasteiger partial charge in [0.25, 0.3) is 0 Å². The Labute approximate surface area is 143 Å². The summed E-state index contributed by atoms with van der Waals surface area (Å²) < 4.78 is 6.00. The third-order valence-corrected chi connectivity index (χ3v) is 4.97. The molecule has 2 rings (SSSR count). The minimum absolute atomic E-state index is 0.00934. The van der Waals surface area contributed by atoms with E-state index in [9.17, 15) is 4.79 Å². The molecule has 0 saturated heterocycles.